The third kappa shape index (κ3) is 4.66. The second-order valence-electron chi connectivity index (χ2n) is 6.90. The SMILES string of the molecule is CC(C)c1nc(CCNC(=O)[C@H]2CC(=O)N(Cc3ccncc3)C2)cs1. The highest BCUT2D eigenvalue weighted by atomic mass is 32.1. The van der Waals surface area contributed by atoms with Gasteiger partial charge in [0.2, 0.25) is 11.8 Å². The van der Waals surface area contributed by atoms with Gasteiger partial charge in [-0.1, -0.05) is 13.8 Å². The van der Waals surface area contributed by atoms with E-state index in [1.807, 2.05) is 12.1 Å². The molecule has 6 nitrogen and oxygen atoms in total. The molecular formula is C19H24N4O2S. The lowest BCUT2D eigenvalue weighted by molar-refractivity contribution is -0.129. The maximum atomic E-state index is 12.4. The van der Waals surface area contributed by atoms with Gasteiger partial charge in [0.25, 0.3) is 0 Å². The Balaban J connectivity index is 1.45. The van der Waals surface area contributed by atoms with Gasteiger partial charge in [-0.2, -0.15) is 0 Å². The lowest BCUT2D eigenvalue weighted by Crippen LogP contribution is -2.34. The molecule has 0 spiro atoms. The van der Waals surface area contributed by atoms with Crippen molar-refractivity contribution in [1.82, 2.24) is 20.2 Å². The Labute approximate surface area is 157 Å². The quantitative estimate of drug-likeness (QED) is 0.810. The van der Waals surface area contributed by atoms with Gasteiger partial charge in [-0.3, -0.25) is 14.6 Å². The smallest absolute Gasteiger partial charge is 0.225 e. The summed E-state index contributed by atoms with van der Waals surface area (Å²) in [5.74, 6) is 0.142. The minimum atomic E-state index is -0.272. The van der Waals surface area contributed by atoms with Crippen molar-refractivity contribution < 1.29 is 9.59 Å². The Hall–Kier alpha value is -2.28. The molecular weight excluding hydrogens is 348 g/mol. The topological polar surface area (TPSA) is 75.2 Å². The summed E-state index contributed by atoms with van der Waals surface area (Å²) in [5.41, 5.74) is 2.04. The molecule has 7 heteroatoms. The fraction of sp³-hybridized carbons (Fsp3) is 0.474. The van der Waals surface area contributed by atoms with E-state index in [0.29, 0.717) is 25.6 Å². The van der Waals surface area contributed by atoms with Gasteiger partial charge in [0.05, 0.1) is 16.6 Å². The standard InChI is InChI=1S/C19H24N4O2S/c1-13(2)19-22-16(12-26-19)5-8-21-18(25)15-9-17(24)23(11-15)10-14-3-6-20-7-4-14/h3-4,6-7,12-13,15H,5,8-11H2,1-2H3,(H,21,25)/t15-/m0/s1. The van der Waals surface area contributed by atoms with Crippen molar-refractivity contribution >= 4 is 23.2 Å². The van der Waals surface area contributed by atoms with Gasteiger partial charge in [0.1, 0.15) is 0 Å². The number of likely N-dealkylation sites (tertiary alicyclic amines) is 1. The average Bonchev–Trinajstić information content (AvgIpc) is 3.23. The van der Waals surface area contributed by atoms with Crippen LogP contribution in [0.15, 0.2) is 29.9 Å². The number of carbonyl (C=O) groups excluding carboxylic acids is 2. The second-order valence-corrected chi connectivity index (χ2v) is 7.79. The molecule has 0 aliphatic carbocycles. The zero-order valence-electron chi connectivity index (χ0n) is 15.1. The number of pyridine rings is 1. The monoisotopic (exact) mass is 372 g/mol. The van der Waals surface area contributed by atoms with Gasteiger partial charge < -0.3 is 10.2 Å². The minimum absolute atomic E-state index is 0.0306. The van der Waals surface area contributed by atoms with E-state index in [9.17, 15) is 9.59 Å². The van der Waals surface area contributed by atoms with Crippen molar-refractivity contribution in [2.45, 2.75) is 39.2 Å². The second kappa shape index (κ2) is 8.40. The van der Waals surface area contributed by atoms with Gasteiger partial charge in [0, 0.05) is 56.2 Å². The van der Waals surface area contributed by atoms with E-state index in [2.05, 4.69) is 34.5 Å². The van der Waals surface area contributed by atoms with E-state index >= 15 is 0 Å². The maximum Gasteiger partial charge on any atom is 0.225 e. The number of hydrogen-bond acceptors (Lipinski definition) is 5. The van der Waals surface area contributed by atoms with Crippen LogP contribution < -0.4 is 5.32 Å². The molecule has 3 heterocycles. The van der Waals surface area contributed by atoms with E-state index in [1.165, 1.54) is 0 Å². The Morgan fingerprint density at radius 1 is 1.38 bits per heavy atom. The zero-order chi connectivity index (χ0) is 18.5. The first-order chi connectivity index (χ1) is 12.5. The maximum absolute atomic E-state index is 12.4. The summed E-state index contributed by atoms with van der Waals surface area (Å²) < 4.78 is 0. The molecule has 26 heavy (non-hydrogen) atoms. The summed E-state index contributed by atoms with van der Waals surface area (Å²) in [4.78, 5) is 34.9. The first-order valence-electron chi connectivity index (χ1n) is 8.91. The Kier molecular flexibility index (Phi) is 5.98. The summed E-state index contributed by atoms with van der Waals surface area (Å²) in [6.07, 6.45) is 4.42. The summed E-state index contributed by atoms with van der Waals surface area (Å²) in [6.45, 7) is 5.80. The van der Waals surface area contributed by atoms with Gasteiger partial charge in [-0.15, -0.1) is 11.3 Å². The van der Waals surface area contributed by atoms with E-state index in [0.717, 1.165) is 22.7 Å². The van der Waals surface area contributed by atoms with Crippen molar-refractivity contribution in [3.05, 3.63) is 46.2 Å². The van der Waals surface area contributed by atoms with Crippen LogP contribution >= 0.6 is 11.3 Å². The van der Waals surface area contributed by atoms with Gasteiger partial charge in [0.15, 0.2) is 0 Å². The van der Waals surface area contributed by atoms with Gasteiger partial charge in [-0.25, -0.2) is 4.98 Å². The highest BCUT2D eigenvalue weighted by Gasteiger charge is 2.34. The lowest BCUT2D eigenvalue weighted by Gasteiger charge is -2.16. The van der Waals surface area contributed by atoms with Gasteiger partial charge in [-0.05, 0) is 17.7 Å². The van der Waals surface area contributed by atoms with Crippen LogP contribution in [0.5, 0.6) is 0 Å². The number of carbonyl (C=O) groups is 2. The van der Waals surface area contributed by atoms with E-state index < -0.39 is 0 Å². The van der Waals surface area contributed by atoms with Crippen molar-refractivity contribution in [2.75, 3.05) is 13.1 Å². The lowest BCUT2D eigenvalue weighted by atomic mass is 10.1. The number of rotatable bonds is 7. The average molecular weight is 372 g/mol. The number of hydrogen-bond donors (Lipinski definition) is 1. The molecule has 3 rings (SSSR count). The van der Waals surface area contributed by atoms with Gasteiger partial charge >= 0.3 is 0 Å². The van der Waals surface area contributed by atoms with E-state index in [1.54, 1.807) is 28.6 Å². The third-order valence-corrected chi connectivity index (χ3v) is 5.65. The van der Waals surface area contributed by atoms with Crippen LogP contribution in [0.25, 0.3) is 0 Å². The minimum Gasteiger partial charge on any atom is -0.355 e. The largest absolute Gasteiger partial charge is 0.355 e. The molecule has 0 radical (unpaired) electrons. The first-order valence-corrected chi connectivity index (χ1v) is 9.79. The van der Waals surface area contributed by atoms with Crippen molar-refractivity contribution in [3.8, 4) is 0 Å². The first kappa shape index (κ1) is 18.5. The molecule has 2 aromatic rings. The van der Waals surface area contributed by atoms with E-state index in [-0.39, 0.29) is 24.2 Å². The van der Waals surface area contributed by atoms with Crippen LogP contribution in [-0.4, -0.2) is 39.8 Å². The predicted octanol–water partition coefficient (Wildman–Crippen LogP) is 2.37. The zero-order valence-corrected chi connectivity index (χ0v) is 16.0. The summed E-state index contributed by atoms with van der Waals surface area (Å²) in [5, 5.41) is 6.13. The van der Waals surface area contributed by atoms with Crippen LogP contribution in [-0.2, 0) is 22.6 Å². The molecule has 0 unspecified atom stereocenters. The molecule has 0 saturated carbocycles. The summed E-state index contributed by atoms with van der Waals surface area (Å²) >= 11 is 1.66. The van der Waals surface area contributed by atoms with Crippen LogP contribution in [0.2, 0.25) is 0 Å². The normalized spacial score (nSPS) is 17.1. The van der Waals surface area contributed by atoms with Crippen LogP contribution in [0, 0.1) is 5.92 Å². The van der Waals surface area contributed by atoms with E-state index in [4.69, 9.17) is 0 Å². The summed E-state index contributed by atoms with van der Waals surface area (Å²) in [7, 11) is 0. The highest BCUT2D eigenvalue weighted by Crippen LogP contribution is 2.21. The third-order valence-electron chi connectivity index (χ3n) is 4.45. The fourth-order valence-electron chi connectivity index (χ4n) is 2.97. The molecule has 1 saturated heterocycles. The predicted molar refractivity (Wildman–Crippen MR) is 101 cm³/mol. The van der Waals surface area contributed by atoms with Crippen molar-refractivity contribution in [3.63, 3.8) is 0 Å². The molecule has 0 aromatic carbocycles. The fourth-order valence-corrected chi connectivity index (χ4v) is 3.84. The Bertz CT molecular complexity index is 760. The molecule has 1 aliphatic heterocycles. The number of nitrogens with zero attached hydrogens (tertiary/aromatic N) is 3. The summed E-state index contributed by atoms with van der Waals surface area (Å²) in [6, 6.07) is 3.78. The molecule has 1 atom stereocenters. The molecule has 0 bridgehead atoms. The molecule has 2 aromatic heterocycles. The number of nitrogens with one attached hydrogen (secondary N) is 1. The van der Waals surface area contributed by atoms with Crippen LogP contribution in [0.4, 0.5) is 0 Å². The number of aromatic nitrogens is 2. The Morgan fingerprint density at radius 3 is 2.85 bits per heavy atom. The number of thiazole rings is 1. The van der Waals surface area contributed by atoms with Crippen molar-refractivity contribution in [2.24, 2.45) is 5.92 Å². The number of amides is 2. The van der Waals surface area contributed by atoms with Crippen molar-refractivity contribution in [1.29, 1.82) is 0 Å². The van der Waals surface area contributed by atoms with Crippen LogP contribution in [0.3, 0.4) is 0 Å². The molecule has 1 aliphatic rings. The molecule has 1 N–H and O–H groups in total. The Morgan fingerprint density at radius 2 is 2.15 bits per heavy atom. The molecule has 1 fully saturated rings. The highest BCUT2D eigenvalue weighted by molar-refractivity contribution is 7.09. The van der Waals surface area contributed by atoms with Crippen LogP contribution in [0.1, 0.15) is 42.5 Å². The molecule has 138 valence electrons. The molecule has 2 amide bonds.